The first-order valence-corrected chi connectivity index (χ1v) is 9.23. The highest BCUT2D eigenvalue weighted by Gasteiger charge is 2.21. The molecule has 1 rings (SSSR count). The minimum atomic E-state index is -3.48. The van der Waals surface area contributed by atoms with Gasteiger partial charge in [-0.15, -0.1) is 0 Å². The lowest BCUT2D eigenvalue weighted by molar-refractivity contribution is -0.146. The van der Waals surface area contributed by atoms with Gasteiger partial charge in [0.15, 0.2) is 0 Å². The van der Waals surface area contributed by atoms with Crippen molar-refractivity contribution in [2.24, 2.45) is 0 Å². The quantitative estimate of drug-likeness (QED) is 0.693. The van der Waals surface area contributed by atoms with Crippen LogP contribution in [-0.2, 0) is 26.0 Å². The van der Waals surface area contributed by atoms with Crippen LogP contribution in [-0.4, -0.2) is 49.9 Å². The summed E-state index contributed by atoms with van der Waals surface area (Å²) in [6.45, 7) is 3.40. The van der Waals surface area contributed by atoms with Gasteiger partial charge in [0.05, 0.1) is 4.90 Å². The molecule has 0 aliphatic heterocycles. The number of carbonyl (C=O) groups is 2. The van der Waals surface area contributed by atoms with Gasteiger partial charge in [0.25, 0.3) is 0 Å². The summed E-state index contributed by atoms with van der Waals surface area (Å²) in [5.74, 6) is -1.26. The summed E-state index contributed by atoms with van der Waals surface area (Å²) in [4.78, 5) is 24.7. The summed E-state index contributed by atoms with van der Waals surface area (Å²) >= 11 is 0. The molecule has 0 radical (unpaired) electrons. The highest BCUT2D eigenvalue weighted by atomic mass is 32.2. The number of hydrogen-bond donors (Lipinski definition) is 2. The first kappa shape index (κ1) is 20.1. The van der Waals surface area contributed by atoms with Crippen molar-refractivity contribution in [1.29, 1.82) is 0 Å². The van der Waals surface area contributed by atoms with E-state index in [0.29, 0.717) is 12.8 Å². The molecule has 2 N–H and O–H groups in total. The number of nitrogens with one attached hydrogen (secondary N) is 1. The van der Waals surface area contributed by atoms with Crippen LogP contribution in [0.1, 0.15) is 32.3 Å². The third-order valence-electron chi connectivity index (χ3n) is 3.88. The minimum absolute atomic E-state index is 0.142. The van der Waals surface area contributed by atoms with Crippen LogP contribution in [0.25, 0.3) is 0 Å². The topological polar surface area (TPSA) is 104 Å². The first-order valence-electron chi connectivity index (χ1n) is 7.75. The third kappa shape index (κ3) is 5.61. The summed E-state index contributed by atoms with van der Waals surface area (Å²) in [6.07, 6.45) is 1.27. The molecule has 0 aliphatic carbocycles. The molecular weight excluding hydrogens is 332 g/mol. The summed E-state index contributed by atoms with van der Waals surface area (Å²) in [6, 6.07) is 6.13. The monoisotopic (exact) mass is 356 g/mol. The maximum Gasteiger partial charge on any atom is 0.323 e. The molecule has 0 heterocycles. The molecule has 24 heavy (non-hydrogen) atoms. The Morgan fingerprint density at radius 1 is 1.25 bits per heavy atom. The number of hydrogen-bond acceptors (Lipinski definition) is 4. The molecule has 0 saturated heterocycles. The Labute approximate surface area is 142 Å². The zero-order valence-corrected chi connectivity index (χ0v) is 15.0. The zero-order chi connectivity index (χ0) is 18.3. The molecule has 0 aromatic heterocycles. The van der Waals surface area contributed by atoms with Crippen molar-refractivity contribution in [2.45, 2.75) is 44.0 Å². The van der Waals surface area contributed by atoms with Gasteiger partial charge in [-0.3, -0.25) is 9.59 Å². The number of carbonyl (C=O) groups excluding carboxylic acids is 1. The molecule has 0 spiro atoms. The fourth-order valence-corrected chi connectivity index (χ4v) is 2.93. The number of nitrogens with zero attached hydrogens (tertiary/aromatic N) is 1. The van der Waals surface area contributed by atoms with Crippen LogP contribution in [0.3, 0.4) is 0 Å². The predicted octanol–water partition coefficient (Wildman–Crippen LogP) is 1.24. The molecule has 1 atom stereocenters. The molecule has 1 amide bonds. The van der Waals surface area contributed by atoms with Crippen molar-refractivity contribution in [3.8, 4) is 0 Å². The van der Waals surface area contributed by atoms with Gasteiger partial charge >= 0.3 is 5.97 Å². The van der Waals surface area contributed by atoms with Crippen molar-refractivity contribution in [3.63, 3.8) is 0 Å². The molecule has 0 aliphatic rings. The van der Waals surface area contributed by atoms with Crippen molar-refractivity contribution in [3.05, 3.63) is 29.8 Å². The maximum atomic E-state index is 12.3. The van der Waals surface area contributed by atoms with E-state index in [1.165, 1.54) is 24.1 Å². The van der Waals surface area contributed by atoms with E-state index in [9.17, 15) is 18.0 Å². The molecule has 0 bridgehead atoms. The second-order valence-corrected chi connectivity index (χ2v) is 7.41. The Morgan fingerprint density at radius 3 is 2.29 bits per heavy atom. The average Bonchev–Trinajstić information content (AvgIpc) is 2.57. The second-order valence-electron chi connectivity index (χ2n) is 5.52. The largest absolute Gasteiger partial charge is 0.480 e. The number of sulfonamides is 1. The van der Waals surface area contributed by atoms with E-state index in [4.69, 9.17) is 5.11 Å². The molecule has 1 aromatic rings. The van der Waals surface area contributed by atoms with E-state index in [2.05, 4.69) is 4.72 Å². The van der Waals surface area contributed by atoms with Gasteiger partial charge in [-0.1, -0.05) is 19.1 Å². The summed E-state index contributed by atoms with van der Waals surface area (Å²) in [7, 11) is -2.14. The Hall–Kier alpha value is -1.93. The number of carboxylic acid groups (broad SMARTS) is 1. The highest BCUT2D eigenvalue weighted by molar-refractivity contribution is 7.89. The highest BCUT2D eigenvalue weighted by Crippen LogP contribution is 2.13. The summed E-state index contributed by atoms with van der Waals surface area (Å²) < 4.78 is 25.5. The van der Waals surface area contributed by atoms with Crippen molar-refractivity contribution < 1.29 is 23.1 Å². The van der Waals surface area contributed by atoms with E-state index < -0.39 is 16.0 Å². The van der Waals surface area contributed by atoms with Gasteiger partial charge in [-0.05, 0) is 44.5 Å². The fraction of sp³-hybridized carbons (Fsp3) is 0.500. The lowest BCUT2D eigenvalue weighted by Gasteiger charge is -2.27. The van der Waals surface area contributed by atoms with Crippen LogP contribution >= 0.6 is 0 Å². The molecule has 7 nitrogen and oxygen atoms in total. The molecule has 8 heteroatoms. The average molecular weight is 356 g/mol. The normalized spacial score (nSPS) is 12.6. The van der Waals surface area contributed by atoms with Gasteiger partial charge in [0.2, 0.25) is 15.9 Å². The van der Waals surface area contributed by atoms with E-state index in [1.54, 1.807) is 12.1 Å². The third-order valence-corrected chi connectivity index (χ3v) is 5.31. The number of aryl methyl sites for hydroxylation is 1. The van der Waals surface area contributed by atoms with Crippen LogP contribution in [0.4, 0.5) is 0 Å². The lowest BCUT2D eigenvalue weighted by Crippen LogP contribution is -2.41. The van der Waals surface area contributed by atoms with Gasteiger partial charge < -0.3 is 10.0 Å². The zero-order valence-electron chi connectivity index (χ0n) is 14.2. The van der Waals surface area contributed by atoms with Gasteiger partial charge in [0.1, 0.15) is 6.54 Å². The van der Waals surface area contributed by atoms with Crippen LogP contribution in [0, 0.1) is 0 Å². The van der Waals surface area contributed by atoms with E-state index in [1.807, 2.05) is 13.8 Å². The number of carboxylic acids is 1. The molecule has 1 aromatic carbocycles. The standard InChI is InChI=1S/C16H24N2O5S/c1-4-12(2)18(11-16(20)21)15(19)10-7-13-5-8-14(9-6-13)24(22,23)17-3/h5-6,8-9,12,17H,4,7,10-11H2,1-3H3,(H,20,21). The summed E-state index contributed by atoms with van der Waals surface area (Å²) in [5.41, 5.74) is 0.817. The minimum Gasteiger partial charge on any atom is -0.480 e. The molecular formula is C16H24N2O5S. The Balaban J connectivity index is 2.73. The Kier molecular flexibility index (Phi) is 7.37. The van der Waals surface area contributed by atoms with Crippen LogP contribution in [0.5, 0.6) is 0 Å². The number of benzene rings is 1. The van der Waals surface area contributed by atoms with Crippen molar-refractivity contribution in [2.75, 3.05) is 13.6 Å². The maximum absolute atomic E-state index is 12.3. The smallest absolute Gasteiger partial charge is 0.323 e. The van der Waals surface area contributed by atoms with Crippen molar-refractivity contribution in [1.82, 2.24) is 9.62 Å². The fourth-order valence-electron chi connectivity index (χ4n) is 2.20. The van der Waals surface area contributed by atoms with Gasteiger partial charge in [-0.25, -0.2) is 13.1 Å². The van der Waals surface area contributed by atoms with Crippen molar-refractivity contribution >= 4 is 21.9 Å². The number of amides is 1. The second kappa shape index (κ2) is 8.79. The first-order chi connectivity index (χ1) is 11.2. The predicted molar refractivity (Wildman–Crippen MR) is 90.1 cm³/mol. The number of rotatable bonds is 9. The van der Waals surface area contributed by atoms with Gasteiger partial charge in [0, 0.05) is 12.5 Å². The van der Waals surface area contributed by atoms with Crippen LogP contribution < -0.4 is 4.72 Å². The Bertz CT molecular complexity index is 670. The Morgan fingerprint density at radius 2 is 1.83 bits per heavy atom. The lowest BCUT2D eigenvalue weighted by atomic mass is 10.1. The van der Waals surface area contributed by atoms with E-state index in [-0.39, 0.29) is 29.8 Å². The molecule has 134 valence electrons. The van der Waals surface area contributed by atoms with E-state index in [0.717, 1.165) is 5.56 Å². The van der Waals surface area contributed by atoms with Crippen LogP contribution in [0.15, 0.2) is 29.2 Å². The van der Waals surface area contributed by atoms with Crippen LogP contribution in [0.2, 0.25) is 0 Å². The molecule has 0 fully saturated rings. The summed E-state index contributed by atoms with van der Waals surface area (Å²) in [5, 5.41) is 8.94. The number of aliphatic carboxylic acids is 1. The van der Waals surface area contributed by atoms with E-state index >= 15 is 0 Å². The SMILES string of the molecule is CCC(C)N(CC(=O)O)C(=O)CCc1ccc(S(=O)(=O)NC)cc1. The molecule has 1 unspecified atom stereocenters. The van der Waals surface area contributed by atoms with Gasteiger partial charge in [-0.2, -0.15) is 0 Å². The molecule has 0 saturated carbocycles.